The Labute approximate surface area is 196 Å². The van der Waals surface area contributed by atoms with Crippen LogP contribution in [0.15, 0.2) is 71.9 Å². The van der Waals surface area contributed by atoms with Crippen LogP contribution in [0, 0.1) is 5.92 Å². The summed E-state index contributed by atoms with van der Waals surface area (Å²) >= 11 is 0. The highest BCUT2D eigenvalue weighted by molar-refractivity contribution is 7.92. The molecule has 11 heteroatoms. The molecular weight excluding hydrogens is 458 g/mol. The van der Waals surface area contributed by atoms with Crippen molar-refractivity contribution in [2.75, 3.05) is 10.0 Å². The Morgan fingerprint density at radius 2 is 1.44 bits per heavy atom. The van der Waals surface area contributed by atoms with Crippen molar-refractivity contribution < 1.29 is 22.8 Å². The van der Waals surface area contributed by atoms with Gasteiger partial charge in [0.25, 0.3) is 21.8 Å². The molecule has 0 aliphatic carbocycles. The lowest BCUT2D eigenvalue weighted by molar-refractivity contribution is -0.121. The number of fused-ring (bicyclic) bond motifs is 1. The molecule has 174 valence electrons. The summed E-state index contributed by atoms with van der Waals surface area (Å²) in [6, 6.07) is 12.4. The molecule has 2 aromatic carbocycles. The maximum atomic E-state index is 13.1. The third kappa shape index (κ3) is 4.37. The van der Waals surface area contributed by atoms with Crippen molar-refractivity contribution in [2.24, 2.45) is 5.92 Å². The second-order valence-corrected chi connectivity index (χ2v) is 9.59. The van der Waals surface area contributed by atoms with Gasteiger partial charge in [0.05, 0.1) is 16.0 Å². The van der Waals surface area contributed by atoms with Gasteiger partial charge in [0.15, 0.2) is 0 Å². The van der Waals surface area contributed by atoms with E-state index in [1.54, 1.807) is 44.2 Å². The molecule has 1 aliphatic rings. The van der Waals surface area contributed by atoms with E-state index in [1.165, 1.54) is 36.7 Å². The minimum Gasteiger partial charge on any atom is -0.324 e. The van der Waals surface area contributed by atoms with Gasteiger partial charge in [0, 0.05) is 18.1 Å². The number of nitrogens with one attached hydrogen (secondary N) is 2. The Morgan fingerprint density at radius 3 is 1.97 bits per heavy atom. The first-order valence-electron chi connectivity index (χ1n) is 10.4. The number of rotatable bonds is 7. The van der Waals surface area contributed by atoms with Gasteiger partial charge >= 0.3 is 0 Å². The summed E-state index contributed by atoms with van der Waals surface area (Å²) < 4.78 is 27.3. The number of aromatic nitrogens is 2. The first kappa shape index (κ1) is 23.1. The van der Waals surface area contributed by atoms with Crippen molar-refractivity contribution in [3.63, 3.8) is 0 Å². The molecule has 1 atom stereocenters. The van der Waals surface area contributed by atoms with Crippen LogP contribution in [0.2, 0.25) is 0 Å². The number of nitrogens with zero attached hydrogens (tertiary/aromatic N) is 3. The largest absolute Gasteiger partial charge is 0.324 e. The maximum absolute atomic E-state index is 13.1. The van der Waals surface area contributed by atoms with Gasteiger partial charge in [-0.25, -0.2) is 23.1 Å². The zero-order chi connectivity index (χ0) is 24.5. The van der Waals surface area contributed by atoms with Crippen molar-refractivity contribution in [3.05, 3.63) is 78.1 Å². The number of hydrogen-bond acceptors (Lipinski definition) is 7. The molecule has 0 saturated carbocycles. The van der Waals surface area contributed by atoms with E-state index in [9.17, 15) is 22.8 Å². The van der Waals surface area contributed by atoms with Crippen LogP contribution in [0.4, 0.5) is 11.6 Å². The second kappa shape index (κ2) is 9.02. The molecule has 10 nitrogen and oxygen atoms in total. The highest BCUT2D eigenvalue weighted by atomic mass is 32.2. The number of hydrogen-bond donors (Lipinski definition) is 2. The smallest absolute Gasteiger partial charge is 0.264 e. The van der Waals surface area contributed by atoms with Crippen molar-refractivity contribution in [3.8, 4) is 0 Å². The summed E-state index contributed by atoms with van der Waals surface area (Å²) in [6.45, 7) is 3.47. The predicted molar refractivity (Wildman–Crippen MR) is 123 cm³/mol. The molecule has 0 fully saturated rings. The van der Waals surface area contributed by atoms with Crippen LogP contribution >= 0.6 is 0 Å². The number of carbonyl (C=O) groups excluding carboxylic acids is 3. The average Bonchev–Trinajstić information content (AvgIpc) is 3.05. The number of imide groups is 1. The highest BCUT2D eigenvalue weighted by Crippen LogP contribution is 2.28. The van der Waals surface area contributed by atoms with Gasteiger partial charge in [-0.05, 0) is 48.4 Å². The highest BCUT2D eigenvalue weighted by Gasteiger charge is 2.43. The lowest BCUT2D eigenvalue weighted by Crippen LogP contribution is -2.50. The maximum Gasteiger partial charge on any atom is 0.264 e. The van der Waals surface area contributed by atoms with Gasteiger partial charge < -0.3 is 5.32 Å². The molecule has 0 unspecified atom stereocenters. The summed E-state index contributed by atoms with van der Waals surface area (Å²) in [5.41, 5.74) is 0.827. The molecule has 0 spiro atoms. The first-order chi connectivity index (χ1) is 16.2. The second-order valence-electron chi connectivity index (χ2n) is 7.91. The summed E-state index contributed by atoms with van der Waals surface area (Å²) in [6.07, 6.45) is 2.81. The zero-order valence-electron chi connectivity index (χ0n) is 18.3. The van der Waals surface area contributed by atoms with Crippen molar-refractivity contribution in [2.45, 2.75) is 24.8 Å². The standard InChI is InChI=1S/C23H21N5O5S/c1-14(2)19(28-21(30)17-6-3-4-7-18(17)22(28)31)20(29)26-15-8-10-16(11-9-15)34(32,33)27-23-24-12-5-13-25-23/h3-14,19H,1-2H3,(H,26,29)(H,24,25,27)/t19-/m1/s1. The predicted octanol–water partition coefficient (Wildman–Crippen LogP) is 2.54. The van der Waals surface area contributed by atoms with E-state index < -0.39 is 33.8 Å². The molecule has 2 heterocycles. The fourth-order valence-corrected chi connectivity index (χ4v) is 4.60. The molecule has 4 rings (SSSR count). The summed E-state index contributed by atoms with van der Waals surface area (Å²) in [7, 11) is -3.93. The van der Waals surface area contributed by atoms with Crippen molar-refractivity contribution >= 4 is 39.4 Å². The van der Waals surface area contributed by atoms with Gasteiger partial charge in [-0.3, -0.25) is 19.3 Å². The normalized spacial score (nSPS) is 14.1. The van der Waals surface area contributed by atoms with Crippen LogP contribution in [-0.4, -0.2) is 47.0 Å². The first-order valence-corrected chi connectivity index (χ1v) is 11.8. The molecule has 1 aliphatic heterocycles. The summed E-state index contributed by atoms with van der Waals surface area (Å²) in [4.78, 5) is 47.4. The van der Waals surface area contributed by atoms with Crippen LogP contribution in [-0.2, 0) is 14.8 Å². The van der Waals surface area contributed by atoms with Crippen LogP contribution in [0.3, 0.4) is 0 Å². The third-order valence-corrected chi connectivity index (χ3v) is 6.57. The lowest BCUT2D eigenvalue weighted by Gasteiger charge is -2.28. The minimum atomic E-state index is -3.93. The van der Waals surface area contributed by atoms with Crippen LogP contribution in [0.25, 0.3) is 0 Å². The number of anilines is 2. The van der Waals surface area contributed by atoms with E-state index >= 15 is 0 Å². The number of sulfonamides is 1. The van der Waals surface area contributed by atoms with E-state index in [4.69, 9.17) is 0 Å². The minimum absolute atomic E-state index is 0.0568. The van der Waals surface area contributed by atoms with Gasteiger partial charge in [-0.1, -0.05) is 26.0 Å². The van der Waals surface area contributed by atoms with Crippen molar-refractivity contribution in [1.29, 1.82) is 0 Å². The number of carbonyl (C=O) groups is 3. The van der Waals surface area contributed by atoms with Gasteiger partial charge in [0.1, 0.15) is 6.04 Å². The Hall–Kier alpha value is -4.12. The topological polar surface area (TPSA) is 138 Å². The van der Waals surface area contributed by atoms with Gasteiger partial charge in [-0.2, -0.15) is 0 Å². The summed E-state index contributed by atoms with van der Waals surface area (Å²) in [5, 5.41) is 2.67. The molecule has 1 aromatic heterocycles. The fraction of sp³-hybridized carbons (Fsp3) is 0.174. The van der Waals surface area contributed by atoms with E-state index in [-0.39, 0.29) is 27.9 Å². The Morgan fingerprint density at radius 1 is 0.882 bits per heavy atom. The fourth-order valence-electron chi connectivity index (χ4n) is 3.64. The van der Waals surface area contributed by atoms with Crippen LogP contribution < -0.4 is 10.0 Å². The molecule has 34 heavy (non-hydrogen) atoms. The zero-order valence-corrected chi connectivity index (χ0v) is 19.1. The Kier molecular flexibility index (Phi) is 6.12. The van der Waals surface area contributed by atoms with Gasteiger partial charge in [-0.15, -0.1) is 0 Å². The summed E-state index contributed by atoms with van der Waals surface area (Å²) in [5.74, 6) is -2.04. The van der Waals surface area contributed by atoms with E-state index in [2.05, 4.69) is 20.0 Å². The average molecular weight is 480 g/mol. The Bertz CT molecular complexity index is 1320. The van der Waals surface area contributed by atoms with Crippen LogP contribution in [0.5, 0.6) is 0 Å². The molecule has 3 amide bonds. The molecule has 0 saturated heterocycles. The quantitative estimate of drug-likeness (QED) is 0.497. The number of amides is 3. The molecular formula is C23H21N5O5S. The molecule has 2 N–H and O–H groups in total. The van der Waals surface area contributed by atoms with E-state index in [1.807, 2.05) is 0 Å². The SMILES string of the molecule is CC(C)[C@H](C(=O)Nc1ccc(S(=O)(=O)Nc2ncccn2)cc1)N1C(=O)c2ccccc2C1=O. The van der Waals surface area contributed by atoms with E-state index in [0.717, 1.165) is 4.90 Å². The van der Waals surface area contributed by atoms with Crippen molar-refractivity contribution in [1.82, 2.24) is 14.9 Å². The van der Waals surface area contributed by atoms with E-state index in [0.29, 0.717) is 5.69 Å². The monoisotopic (exact) mass is 479 g/mol. The van der Waals surface area contributed by atoms with Crippen LogP contribution in [0.1, 0.15) is 34.6 Å². The van der Waals surface area contributed by atoms with Gasteiger partial charge in [0.2, 0.25) is 11.9 Å². The number of benzene rings is 2. The molecule has 3 aromatic rings. The molecule has 0 radical (unpaired) electrons. The molecule has 0 bridgehead atoms. The lowest BCUT2D eigenvalue weighted by atomic mass is 10.0. The Balaban J connectivity index is 1.51. The third-order valence-electron chi connectivity index (χ3n) is 5.23.